The second kappa shape index (κ2) is 5.52. The van der Waals surface area contributed by atoms with Gasteiger partial charge in [-0.2, -0.15) is 0 Å². The van der Waals surface area contributed by atoms with Crippen molar-refractivity contribution in [3.05, 3.63) is 29.6 Å². The predicted molar refractivity (Wildman–Crippen MR) is 76.9 cm³/mol. The molecule has 0 bridgehead atoms. The van der Waals surface area contributed by atoms with Gasteiger partial charge in [0.05, 0.1) is 5.69 Å². The van der Waals surface area contributed by atoms with Crippen LogP contribution in [0.4, 0.5) is 18.9 Å². The minimum Gasteiger partial charge on any atom is -0.363 e. The molecule has 1 spiro atoms. The first kappa shape index (κ1) is 14.7. The average Bonchev–Trinajstić information content (AvgIpc) is 2.47. The first-order valence-electron chi connectivity index (χ1n) is 7.67. The van der Waals surface area contributed by atoms with Crippen LogP contribution in [0.3, 0.4) is 0 Å². The van der Waals surface area contributed by atoms with Gasteiger partial charge in [-0.05, 0) is 19.8 Å². The molecule has 1 atom stereocenters. The molecule has 1 saturated heterocycles. The van der Waals surface area contributed by atoms with E-state index in [4.69, 9.17) is 0 Å². The Morgan fingerprint density at radius 2 is 1.86 bits per heavy atom. The van der Waals surface area contributed by atoms with Crippen LogP contribution in [0.15, 0.2) is 12.1 Å². The number of benzene rings is 1. The highest BCUT2D eigenvalue weighted by molar-refractivity contribution is 5.50. The van der Waals surface area contributed by atoms with E-state index in [1.807, 2.05) is 11.8 Å². The lowest BCUT2D eigenvalue weighted by Gasteiger charge is -2.50. The third kappa shape index (κ3) is 2.76. The van der Waals surface area contributed by atoms with Crippen LogP contribution in [0.25, 0.3) is 0 Å². The zero-order valence-electron chi connectivity index (χ0n) is 12.3. The van der Waals surface area contributed by atoms with Crippen molar-refractivity contribution < 1.29 is 13.2 Å². The standard InChI is InChI=1S/C16H21F3N2/c1-11-9-20-16(5-3-2-4-6-16)10-21(11)14-8-12(17)7-13(18)15(14)19/h7-8,11,20H,2-6,9-10H2,1H3. The van der Waals surface area contributed by atoms with Crippen LogP contribution < -0.4 is 10.2 Å². The molecule has 116 valence electrons. The smallest absolute Gasteiger partial charge is 0.182 e. The summed E-state index contributed by atoms with van der Waals surface area (Å²) in [5.41, 5.74) is 0.00596. The molecule has 0 amide bonds. The SMILES string of the molecule is CC1CNC2(CCCCC2)CN1c1cc(F)cc(F)c1F. The summed E-state index contributed by atoms with van der Waals surface area (Å²) in [7, 11) is 0. The fraction of sp³-hybridized carbons (Fsp3) is 0.625. The molecule has 0 aromatic heterocycles. The van der Waals surface area contributed by atoms with E-state index in [1.54, 1.807) is 0 Å². The number of nitrogens with one attached hydrogen (secondary N) is 1. The molecule has 1 unspecified atom stereocenters. The molecule has 3 rings (SSSR count). The van der Waals surface area contributed by atoms with Gasteiger partial charge in [0.2, 0.25) is 0 Å². The molecule has 1 aliphatic heterocycles. The van der Waals surface area contributed by atoms with Crippen LogP contribution in [-0.2, 0) is 0 Å². The van der Waals surface area contributed by atoms with Crippen molar-refractivity contribution >= 4 is 5.69 Å². The monoisotopic (exact) mass is 298 g/mol. The molecule has 1 N–H and O–H groups in total. The number of rotatable bonds is 1. The number of piperazine rings is 1. The number of halogens is 3. The van der Waals surface area contributed by atoms with Crippen molar-refractivity contribution in [2.45, 2.75) is 50.6 Å². The first-order valence-corrected chi connectivity index (χ1v) is 7.67. The Morgan fingerprint density at radius 3 is 2.57 bits per heavy atom. The van der Waals surface area contributed by atoms with Gasteiger partial charge in [-0.15, -0.1) is 0 Å². The van der Waals surface area contributed by atoms with Crippen LogP contribution in [0.1, 0.15) is 39.0 Å². The maximum atomic E-state index is 14.1. The number of hydrogen-bond donors (Lipinski definition) is 1. The summed E-state index contributed by atoms with van der Waals surface area (Å²) in [6, 6.07) is 1.71. The summed E-state index contributed by atoms with van der Waals surface area (Å²) in [6.45, 7) is 3.26. The molecule has 1 heterocycles. The van der Waals surface area contributed by atoms with Gasteiger partial charge < -0.3 is 10.2 Å². The molecule has 5 heteroatoms. The molecule has 2 nitrogen and oxygen atoms in total. The Bertz CT molecular complexity index is 526. The average molecular weight is 298 g/mol. The second-order valence-electron chi connectivity index (χ2n) is 6.42. The summed E-state index contributed by atoms with van der Waals surface area (Å²) in [5, 5.41) is 3.58. The molecule has 21 heavy (non-hydrogen) atoms. The normalized spacial score (nSPS) is 25.3. The molecular weight excluding hydrogens is 277 g/mol. The minimum atomic E-state index is -1.12. The molecule has 2 fully saturated rings. The molecule has 1 aliphatic carbocycles. The topological polar surface area (TPSA) is 15.3 Å². The van der Waals surface area contributed by atoms with Gasteiger partial charge >= 0.3 is 0 Å². The van der Waals surface area contributed by atoms with E-state index in [0.717, 1.165) is 31.7 Å². The Morgan fingerprint density at radius 1 is 1.14 bits per heavy atom. The lowest BCUT2D eigenvalue weighted by molar-refractivity contribution is 0.200. The van der Waals surface area contributed by atoms with E-state index < -0.39 is 17.5 Å². The third-order valence-electron chi connectivity index (χ3n) is 4.87. The van der Waals surface area contributed by atoms with Crippen molar-refractivity contribution in [3.8, 4) is 0 Å². The Balaban J connectivity index is 1.92. The Hall–Kier alpha value is -1.23. The zero-order chi connectivity index (χ0) is 15.0. The summed E-state index contributed by atoms with van der Waals surface area (Å²) in [5.74, 6) is -2.79. The lowest BCUT2D eigenvalue weighted by atomic mass is 9.79. The fourth-order valence-corrected chi connectivity index (χ4v) is 3.65. The highest BCUT2D eigenvalue weighted by atomic mass is 19.2. The molecule has 1 aromatic carbocycles. The fourth-order valence-electron chi connectivity index (χ4n) is 3.65. The van der Waals surface area contributed by atoms with E-state index in [-0.39, 0.29) is 17.3 Å². The number of nitrogens with zero attached hydrogens (tertiary/aromatic N) is 1. The minimum absolute atomic E-state index is 0.00764. The Labute approximate surface area is 123 Å². The van der Waals surface area contributed by atoms with Gasteiger partial charge in [-0.3, -0.25) is 0 Å². The van der Waals surface area contributed by atoms with Crippen LogP contribution in [0.5, 0.6) is 0 Å². The maximum Gasteiger partial charge on any atom is 0.182 e. The summed E-state index contributed by atoms with van der Waals surface area (Å²) in [4.78, 5) is 1.82. The Kier molecular flexibility index (Phi) is 3.86. The van der Waals surface area contributed by atoms with E-state index in [1.165, 1.54) is 6.42 Å². The largest absolute Gasteiger partial charge is 0.363 e. The van der Waals surface area contributed by atoms with Gasteiger partial charge in [0, 0.05) is 36.8 Å². The van der Waals surface area contributed by atoms with Gasteiger partial charge in [-0.1, -0.05) is 19.3 Å². The lowest BCUT2D eigenvalue weighted by Crippen LogP contribution is -2.64. The number of anilines is 1. The highest BCUT2D eigenvalue weighted by Gasteiger charge is 2.39. The zero-order valence-corrected chi connectivity index (χ0v) is 12.3. The van der Waals surface area contributed by atoms with Gasteiger partial charge in [0.15, 0.2) is 11.6 Å². The molecular formula is C16H21F3N2. The quantitative estimate of drug-likeness (QED) is 0.797. The summed E-state index contributed by atoms with van der Waals surface area (Å²) >= 11 is 0. The molecule has 0 radical (unpaired) electrons. The molecule has 2 aliphatic rings. The predicted octanol–water partition coefficient (Wildman–Crippen LogP) is 3.60. The summed E-state index contributed by atoms with van der Waals surface area (Å²) in [6.07, 6.45) is 5.59. The van der Waals surface area contributed by atoms with Crippen LogP contribution in [-0.4, -0.2) is 24.7 Å². The van der Waals surface area contributed by atoms with E-state index in [0.29, 0.717) is 19.2 Å². The van der Waals surface area contributed by atoms with Gasteiger partial charge in [-0.25, -0.2) is 13.2 Å². The van der Waals surface area contributed by atoms with Gasteiger partial charge in [0.1, 0.15) is 5.82 Å². The van der Waals surface area contributed by atoms with Crippen LogP contribution in [0, 0.1) is 17.5 Å². The van der Waals surface area contributed by atoms with Crippen molar-refractivity contribution in [2.75, 3.05) is 18.0 Å². The highest BCUT2D eigenvalue weighted by Crippen LogP contribution is 2.35. The van der Waals surface area contributed by atoms with Crippen molar-refractivity contribution in [3.63, 3.8) is 0 Å². The van der Waals surface area contributed by atoms with Crippen LogP contribution >= 0.6 is 0 Å². The number of hydrogen-bond acceptors (Lipinski definition) is 2. The van der Waals surface area contributed by atoms with E-state index in [9.17, 15) is 13.2 Å². The second-order valence-corrected chi connectivity index (χ2v) is 6.42. The maximum absolute atomic E-state index is 14.1. The third-order valence-corrected chi connectivity index (χ3v) is 4.87. The van der Waals surface area contributed by atoms with Crippen molar-refractivity contribution in [1.29, 1.82) is 0 Å². The van der Waals surface area contributed by atoms with Gasteiger partial charge in [0.25, 0.3) is 0 Å². The summed E-state index contributed by atoms with van der Waals surface area (Å²) < 4.78 is 41.1. The molecule has 1 saturated carbocycles. The first-order chi connectivity index (χ1) is 10.0. The molecule has 1 aromatic rings. The van der Waals surface area contributed by atoms with Crippen molar-refractivity contribution in [2.24, 2.45) is 0 Å². The van der Waals surface area contributed by atoms with E-state index in [2.05, 4.69) is 5.32 Å². The van der Waals surface area contributed by atoms with Crippen molar-refractivity contribution in [1.82, 2.24) is 5.32 Å². The van der Waals surface area contributed by atoms with E-state index >= 15 is 0 Å². The van der Waals surface area contributed by atoms with Crippen LogP contribution in [0.2, 0.25) is 0 Å².